The number of benzene rings is 1. The van der Waals surface area contributed by atoms with Gasteiger partial charge in [0.1, 0.15) is 11.6 Å². The smallest absolute Gasteiger partial charge is 0.359 e. The highest BCUT2D eigenvalue weighted by atomic mass is 35.5. The summed E-state index contributed by atoms with van der Waals surface area (Å²) in [7, 11) is 1.49. The van der Waals surface area contributed by atoms with Crippen LogP contribution in [0.25, 0.3) is 0 Å². The number of rotatable bonds is 3. The number of hydrogen-bond acceptors (Lipinski definition) is 6. The lowest BCUT2D eigenvalue weighted by molar-refractivity contribution is -0.137. The Morgan fingerprint density at radius 1 is 1.21 bits per heavy atom. The summed E-state index contributed by atoms with van der Waals surface area (Å²) in [6, 6.07) is 5.27. The van der Waals surface area contributed by atoms with E-state index in [2.05, 4.69) is 15.0 Å². The molecular weight excluding hydrogens is 407 g/mol. The molecule has 0 saturated carbocycles. The molecule has 0 amide bonds. The number of aromatic nitrogens is 2. The van der Waals surface area contributed by atoms with Crippen LogP contribution in [-0.2, 0) is 24.1 Å². The maximum absolute atomic E-state index is 13.3. The van der Waals surface area contributed by atoms with E-state index in [1.54, 1.807) is 12.4 Å². The number of nitrogens with zero attached hydrogens (tertiary/aromatic N) is 5. The van der Waals surface area contributed by atoms with Gasteiger partial charge in [-0.2, -0.15) is 13.2 Å². The minimum Gasteiger partial charge on any atom is -0.359 e. The highest BCUT2D eigenvalue weighted by molar-refractivity contribution is 6.44. The Labute approximate surface area is 169 Å². The Morgan fingerprint density at radius 2 is 1.97 bits per heavy atom. The van der Waals surface area contributed by atoms with Crippen molar-refractivity contribution in [2.24, 2.45) is 4.99 Å². The van der Waals surface area contributed by atoms with Gasteiger partial charge in [0.05, 0.1) is 29.2 Å². The van der Waals surface area contributed by atoms with Gasteiger partial charge in [-0.05, 0) is 12.1 Å². The number of fused-ring (bicyclic) bond motifs is 1. The molecule has 0 atom stereocenters. The average molecular weight is 422 g/mol. The van der Waals surface area contributed by atoms with Crippen molar-refractivity contribution in [1.82, 2.24) is 14.9 Å². The molecule has 10 heteroatoms. The van der Waals surface area contributed by atoms with Gasteiger partial charge in [-0.25, -0.2) is 9.97 Å². The first-order valence-electron chi connectivity index (χ1n) is 8.68. The molecule has 150 valence electrons. The number of halogens is 4. The summed E-state index contributed by atoms with van der Waals surface area (Å²) >= 11 is 6.12. The number of alkyl halides is 3. The van der Waals surface area contributed by atoms with Gasteiger partial charge in [0.15, 0.2) is 5.78 Å². The molecule has 0 saturated heterocycles. The predicted octanol–water partition coefficient (Wildman–Crippen LogP) is 3.68. The van der Waals surface area contributed by atoms with Crippen LogP contribution in [0.1, 0.15) is 16.8 Å². The molecule has 1 aromatic carbocycles. The summed E-state index contributed by atoms with van der Waals surface area (Å²) in [5.74, 6) is -0.105. The van der Waals surface area contributed by atoms with E-state index in [0.717, 1.165) is 11.6 Å². The van der Waals surface area contributed by atoms with Crippen LogP contribution in [0, 0.1) is 0 Å². The highest BCUT2D eigenvalue weighted by Gasteiger charge is 2.35. The third-order valence-electron chi connectivity index (χ3n) is 4.77. The summed E-state index contributed by atoms with van der Waals surface area (Å²) in [5, 5.41) is 0.122. The number of carbonyl (C=O) groups excluding carboxylic acids is 1. The zero-order valence-corrected chi connectivity index (χ0v) is 16.0. The number of carbonyl (C=O) groups is 1. The molecule has 2 aromatic rings. The number of anilines is 2. The van der Waals surface area contributed by atoms with Crippen LogP contribution < -0.4 is 4.90 Å². The fourth-order valence-corrected chi connectivity index (χ4v) is 3.52. The number of ketones is 1. The lowest BCUT2D eigenvalue weighted by atomic mass is 10.1. The fourth-order valence-electron chi connectivity index (χ4n) is 3.29. The molecule has 2 aliphatic heterocycles. The Balaban J connectivity index is 1.63. The van der Waals surface area contributed by atoms with Crippen LogP contribution >= 0.6 is 11.6 Å². The van der Waals surface area contributed by atoms with E-state index in [9.17, 15) is 18.0 Å². The molecule has 4 rings (SSSR count). The lowest BCUT2D eigenvalue weighted by Gasteiger charge is -2.22. The van der Waals surface area contributed by atoms with Crippen LogP contribution in [0.2, 0.25) is 0 Å². The molecule has 0 fully saturated rings. The molecule has 6 nitrogen and oxygen atoms in total. The van der Waals surface area contributed by atoms with E-state index < -0.39 is 11.7 Å². The van der Waals surface area contributed by atoms with Crippen LogP contribution in [-0.4, -0.2) is 40.5 Å². The summed E-state index contributed by atoms with van der Waals surface area (Å²) in [6.07, 6.45) is -1.36. The van der Waals surface area contributed by atoms with Crippen molar-refractivity contribution in [1.29, 1.82) is 0 Å². The Morgan fingerprint density at radius 3 is 2.72 bits per heavy atom. The number of hydrogen-bond donors (Lipinski definition) is 0. The first kappa shape index (κ1) is 19.4. The molecule has 0 spiro atoms. The largest absolute Gasteiger partial charge is 0.418 e. The van der Waals surface area contributed by atoms with Gasteiger partial charge >= 0.3 is 6.18 Å². The lowest BCUT2D eigenvalue weighted by Crippen LogP contribution is -2.24. The predicted molar refractivity (Wildman–Crippen MR) is 102 cm³/mol. The van der Waals surface area contributed by atoms with Crippen molar-refractivity contribution < 1.29 is 18.0 Å². The van der Waals surface area contributed by atoms with E-state index in [1.807, 2.05) is 4.90 Å². The summed E-state index contributed by atoms with van der Waals surface area (Å²) in [6.45, 7) is 0.810. The van der Waals surface area contributed by atoms with Crippen molar-refractivity contribution in [2.45, 2.75) is 19.3 Å². The molecule has 1 aromatic heterocycles. The summed E-state index contributed by atoms with van der Waals surface area (Å²) in [4.78, 5) is 27.6. The van der Waals surface area contributed by atoms with Crippen LogP contribution in [0.4, 0.5) is 24.8 Å². The van der Waals surface area contributed by atoms with Gasteiger partial charge in [-0.1, -0.05) is 23.7 Å². The number of para-hydroxylation sites is 1. The number of allylic oxidation sites excluding steroid dienone is 1. The average Bonchev–Trinajstić information content (AvgIpc) is 3.12. The van der Waals surface area contributed by atoms with Gasteiger partial charge in [-0.3, -0.25) is 9.79 Å². The van der Waals surface area contributed by atoms with Crippen molar-refractivity contribution in [2.75, 3.05) is 18.5 Å². The zero-order valence-electron chi connectivity index (χ0n) is 15.2. The Bertz CT molecular complexity index is 1050. The summed E-state index contributed by atoms with van der Waals surface area (Å²) < 4.78 is 40.0. The molecule has 0 aliphatic carbocycles. The number of Topliss-reactive ketones (excluding diaryl/α,β-unsaturated/α-hetero) is 1. The van der Waals surface area contributed by atoms with Crippen molar-refractivity contribution in [3.8, 4) is 0 Å². The second-order valence-corrected chi connectivity index (χ2v) is 7.04. The summed E-state index contributed by atoms with van der Waals surface area (Å²) in [5.41, 5.74) is 1.19. The van der Waals surface area contributed by atoms with Crippen LogP contribution in [0.3, 0.4) is 0 Å². The Hall–Kier alpha value is -2.94. The fraction of sp³-hybridized carbons (Fsp3) is 0.263. The first-order valence-corrected chi connectivity index (χ1v) is 9.06. The normalized spacial score (nSPS) is 16.4. The zero-order chi connectivity index (χ0) is 20.8. The quantitative estimate of drug-likeness (QED) is 0.756. The van der Waals surface area contributed by atoms with Crippen LogP contribution in [0.15, 0.2) is 46.2 Å². The third kappa shape index (κ3) is 3.57. The molecule has 0 N–H and O–H groups in total. The number of aliphatic imine (C=N–C) groups is 1. The molecule has 0 bridgehead atoms. The van der Waals surface area contributed by atoms with E-state index in [4.69, 9.17) is 11.6 Å². The maximum Gasteiger partial charge on any atom is 0.418 e. The van der Waals surface area contributed by atoms with Crippen molar-refractivity contribution in [3.05, 3.63) is 58.0 Å². The molecule has 3 heterocycles. The van der Waals surface area contributed by atoms with E-state index in [0.29, 0.717) is 24.5 Å². The molecule has 0 unspecified atom stereocenters. The van der Waals surface area contributed by atoms with Gasteiger partial charge < -0.3 is 9.80 Å². The van der Waals surface area contributed by atoms with Crippen LogP contribution in [0.5, 0.6) is 0 Å². The van der Waals surface area contributed by atoms with Gasteiger partial charge in [0.2, 0.25) is 5.95 Å². The van der Waals surface area contributed by atoms with E-state index in [-0.39, 0.29) is 29.0 Å². The van der Waals surface area contributed by atoms with Crippen molar-refractivity contribution in [3.63, 3.8) is 0 Å². The first-order chi connectivity index (χ1) is 13.8. The second kappa shape index (κ2) is 7.14. The number of dihydropyridines is 1. The minimum atomic E-state index is -4.49. The second-order valence-electron chi connectivity index (χ2n) is 6.66. The minimum absolute atomic E-state index is 0.0243. The highest BCUT2D eigenvalue weighted by Crippen LogP contribution is 2.38. The molecule has 2 aliphatic rings. The van der Waals surface area contributed by atoms with Gasteiger partial charge in [0, 0.05) is 31.6 Å². The molecular formula is C19H15ClF3N5O. The maximum atomic E-state index is 13.3. The van der Waals surface area contributed by atoms with E-state index in [1.165, 1.54) is 30.1 Å². The van der Waals surface area contributed by atoms with E-state index >= 15 is 0 Å². The van der Waals surface area contributed by atoms with Gasteiger partial charge in [-0.15, -0.1) is 0 Å². The Kier molecular flexibility index (Phi) is 4.77. The van der Waals surface area contributed by atoms with Gasteiger partial charge in [0.25, 0.3) is 0 Å². The topological polar surface area (TPSA) is 61.7 Å². The SMILES string of the molecule is CN(c1ncc2c(n1)CN(C1=C(Cl)C(=O)CN=C1)C2)c1ccccc1C(F)(F)F. The standard InChI is InChI=1S/C19H15ClF3N5O/c1-27(14-5-3-2-4-12(14)19(21,22)23)18-25-6-11-9-28(10-13(11)26-18)15-7-24-8-16(29)17(15)20/h2-7H,8-10H2,1H3. The third-order valence-corrected chi connectivity index (χ3v) is 5.18. The van der Waals surface area contributed by atoms with Crippen molar-refractivity contribution >= 4 is 35.2 Å². The monoisotopic (exact) mass is 421 g/mol. The molecule has 0 radical (unpaired) electrons. The molecule has 29 heavy (non-hydrogen) atoms.